The number of hydrogen-bond donors (Lipinski definition) is 2. The fourth-order valence-corrected chi connectivity index (χ4v) is 2.14. The lowest BCUT2D eigenvalue weighted by molar-refractivity contribution is 0.0923. The monoisotopic (exact) mass is 236 g/mol. The van der Waals surface area contributed by atoms with Crippen molar-refractivity contribution >= 4 is 5.91 Å². The number of hydrogen-bond acceptors (Lipinski definition) is 3. The molecule has 0 unspecified atom stereocenters. The minimum atomic E-state index is -0.109. The molecular formula is C13H20N2O2. The summed E-state index contributed by atoms with van der Waals surface area (Å²) in [4.78, 5) is 11.7. The average Bonchev–Trinajstić information content (AvgIpc) is 2.99. The normalized spacial score (nSPS) is 19.5. The van der Waals surface area contributed by atoms with E-state index in [4.69, 9.17) is 4.42 Å². The Balaban J connectivity index is 1.72. The van der Waals surface area contributed by atoms with Crippen LogP contribution >= 0.6 is 0 Å². The van der Waals surface area contributed by atoms with E-state index in [1.54, 1.807) is 6.07 Å². The number of nitrogens with one attached hydrogen (secondary N) is 2. The molecule has 0 radical (unpaired) electrons. The Morgan fingerprint density at radius 3 is 3.12 bits per heavy atom. The lowest BCUT2D eigenvalue weighted by atomic mass is 10.1. The maximum atomic E-state index is 11.7. The lowest BCUT2D eigenvalue weighted by Gasteiger charge is -2.09. The smallest absolute Gasteiger partial charge is 0.286 e. The fourth-order valence-electron chi connectivity index (χ4n) is 2.14. The van der Waals surface area contributed by atoms with Gasteiger partial charge in [0.2, 0.25) is 0 Å². The van der Waals surface area contributed by atoms with Crippen molar-refractivity contribution in [3.8, 4) is 0 Å². The van der Waals surface area contributed by atoms with Gasteiger partial charge < -0.3 is 15.1 Å². The zero-order valence-electron chi connectivity index (χ0n) is 10.3. The molecule has 1 aromatic heterocycles. The van der Waals surface area contributed by atoms with Gasteiger partial charge in [-0.05, 0) is 37.9 Å². The van der Waals surface area contributed by atoms with Crippen molar-refractivity contribution in [1.82, 2.24) is 10.6 Å². The van der Waals surface area contributed by atoms with Gasteiger partial charge in [0.15, 0.2) is 5.76 Å². The standard InChI is InChI=1S/C13H20N2O2/c1-2-11-5-6-12(17-11)13(16)15-9-7-10-4-3-8-14-10/h5-6,10,14H,2-4,7-9H2,1H3,(H,15,16)/t10-/m0/s1. The molecule has 17 heavy (non-hydrogen) atoms. The largest absolute Gasteiger partial charge is 0.456 e. The van der Waals surface area contributed by atoms with Crippen molar-refractivity contribution in [2.24, 2.45) is 0 Å². The molecule has 1 aromatic rings. The van der Waals surface area contributed by atoms with Crippen LogP contribution in [0.3, 0.4) is 0 Å². The van der Waals surface area contributed by atoms with E-state index in [1.807, 2.05) is 13.0 Å². The molecule has 2 N–H and O–H groups in total. The Morgan fingerprint density at radius 1 is 1.59 bits per heavy atom. The maximum Gasteiger partial charge on any atom is 0.286 e. The molecule has 1 fully saturated rings. The second-order valence-corrected chi connectivity index (χ2v) is 4.46. The van der Waals surface area contributed by atoms with Gasteiger partial charge in [-0.15, -0.1) is 0 Å². The summed E-state index contributed by atoms with van der Waals surface area (Å²) in [6.07, 6.45) is 4.28. The fraction of sp³-hybridized carbons (Fsp3) is 0.615. The van der Waals surface area contributed by atoms with Crippen LogP contribution in [-0.4, -0.2) is 25.0 Å². The van der Waals surface area contributed by atoms with Crippen molar-refractivity contribution < 1.29 is 9.21 Å². The van der Waals surface area contributed by atoms with E-state index in [2.05, 4.69) is 10.6 Å². The van der Waals surface area contributed by atoms with E-state index in [0.717, 1.165) is 25.1 Å². The van der Waals surface area contributed by atoms with Gasteiger partial charge in [-0.25, -0.2) is 0 Å². The summed E-state index contributed by atoms with van der Waals surface area (Å²) in [6.45, 7) is 3.82. The molecular weight excluding hydrogens is 216 g/mol. The minimum absolute atomic E-state index is 0.109. The van der Waals surface area contributed by atoms with Crippen LogP contribution in [0.5, 0.6) is 0 Å². The molecule has 1 amide bonds. The van der Waals surface area contributed by atoms with Crippen molar-refractivity contribution in [3.05, 3.63) is 23.7 Å². The van der Waals surface area contributed by atoms with Gasteiger partial charge in [0.25, 0.3) is 5.91 Å². The molecule has 4 nitrogen and oxygen atoms in total. The van der Waals surface area contributed by atoms with Crippen molar-refractivity contribution in [2.75, 3.05) is 13.1 Å². The summed E-state index contributed by atoms with van der Waals surface area (Å²) in [5, 5.41) is 6.30. The molecule has 1 atom stereocenters. The van der Waals surface area contributed by atoms with Crippen molar-refractivity contribution in [3.63, 3.8) is 0 Å². The number of carbonyl (C=O) groups excluding carboxylic acids is 1. The van der Waals surface area contributed by atoms with Crippen molar-refractivity contribution in [2.45, 2.75) is 38.6 Å². The molecule has 1 aliphatic heterocycles. The first-order valence-corrected chi connectivity index (χ1v) is 6.40. The molecule has 0 aromatic carbocycles. The van der Waals surface area contributed by atoms with Crippen LogP contribution < -0.4 is 10.6 Å². The molecule has 1 aliphatic rings. The van der Waals surface area contributed by atoms with Gasteiger partial charge in [0.1, 0.15) is 5.76 Å². The number of amides is 1. The molecule has 0 saturated carbocycles. The van der Waals surface area contributed by atoms with Crippen LogP contribution in [0.15, 0.2) is 16.5 Å². The summed E-state index contributed by atoms with van der Waals surface area (Å²) in [5.74, 6) is 1.16. The molecule has 2 rings (SSSR count). The van der Waals surface area contributed by atoms with E-state index in [-0.39, 0.29) is 5.91 Å². The van der Waals surface area contributed by atoms with Gasteiger partial charge in [0, 0.05) is 19.0 Å². The Kier molecular flexibility index (Phi) is 4.20. The first-order chi connectivity index (χ1) is 8.29. The minimum Gasteiger partial charge on any atom is -0.456 e. The third-order valence-corrected chi connectivity index (χ3v) is 3.17. The van der Waals surface area contributed by atoms with Crippen LogP contribution in [0.1, 0.15) is 42.5 Å². The number of carbonyl (C=O) groups is 1. The maximum absolute atomic E-state index is 11.7. The SMILES string of the molecule is CCc1ccc(C(=O)NCC[C@@H]2CCCN2)o1. The summed E-state index contributed by atoms with van der Waals surface area (Å²) in [5.41, 5.74) is 0. The lowest BCUT2D eigenvalue weighted by Crippen LogP contribution is -2.30. The third-order valence-electron chi connectivity index (χ3n) is 3.17. The second-order valence-electron chi connectivity index (χ2n) is 4.46. The average molecular weight is 236 g/mol. The van der Waals surface area contributed by atoms with Crippen LogP contribution in [0.25, 0.3) is 0 Å². The molecule has 2 heterocycles. The molecule has 0 bridgehead atoms. The molecule has 0 aliphatic carbocycles. The molecule has 0 spiro atoms. The van der Waals surface area contributed by atoms with Crippen LogP contribution in [0, 0.1) is 0 Å². The Morgan fingerprint density at radius 2 is 2.47 bits per heavy atom. The molecule has 4 heteroatoms. The van der Waals surface area contributed by atoms with E-state index in [9.17, 15) is 4.79 Å². The number of rotatable bonds is 5. The first-order valence-electron chi connectivity index (χ1n) is 6.40. The zero-order chi connectivity index (χ0) is 12.1. The third kappa shape index (κ3) is 3.33. The Bertz CT molecular complexity index is 367. The van der Waals surface area contributed by atoms with Gasteiger partial charge in [-0.1, -0.05) is 6.92 Å². The predicted octanol–water partition coefficient (Wildman–Crippen LogP) is 1.71. The van der Waals surface area contributed by atoms with E-state index < -0.39 is 0 Å². The predicted molar refractivity (Wildman–Crippen MR) is 66.1 cm³/mol. The topological polar surface area (TPSA) is 54.3 Å². The van der Waals surface area contributed by atoms with Crippen molar-refractivity contribution in [1.29, 1.82) is 0 Å². The Labute approximate surface area is 102 Å². The molecule has 94 valence electrons. The summed E-state index contributed by atoms with van der Waals surface area (Å²) >= 11 is 0. The van der Waals surface area contributed by atoms with E-state index in [0.29, 0.717) is 18.3 Å². The van der Waals surface area contributed by atoms with E-state index in [1.165, 1.54) is 12.8 Å². The van der Waals surface area contributed by atoms with Gasteiger partial charge in [0.05, 0.1) is 0 Å². The highest BCUT2D eigenvalue weighted by Crippen LogP contribution is 2.09. The second kappa shape index (κ2) is 5.87. The van der Waals surface area contributed by atoms with E-state index >= 15 is 0 Å². The summed E-state index contributed by atoms with van der Waals surface area (Å²) in [7, 11) is 0. The van der Waals surface area contributed by atoms with Crippen LogP contribution in [0.4, 0.5) is 0 Å². The zero-order valence-corrected chi connectivity index (χ0v) is 10.3. The molecule has 1 saturated heterocycles. The highest BCUT2D eigenvalue weighted by Gasteiger charge is 2.15. The number of furan rings is 1. The highest BCUT2D eigenvalue weighted by atomic mass is 16.3. The highest BCUT2D eigenvalue weighted by molar-refractivity contribution is 5.91. The van der Waals surface area contributed by atoms with Gasteiger partial charge >= 0.3 is 0 Å². The van der Waals surface area contributed by atoms with Crippen LogP contribution in [0.2, 0.25) is 0 Å². The summed E-state index contributed by atoms with van der Waals surface area (Å²) in [6, 6.07) is 4.16. The summed E-state index contributed by atoms with van der Waals surface area (Å²) < 4.78 is 5.39. The quantitative estimate of drug-likeness (QED) is 0.818. The number of aryl methyl sites for hydroxylation is 1. The first kappa shape index (κ1) is 12.2. The van der Waals surface area contributed by atoms with Gasteiger partial charge in [-0.2, -0.15) is 0 Å². The van der Waals surface area contributed by atoms with Crippen LogP contribution in [-0.2, 0) is 6.42 Å². The van der Waals surface area contributed by atoms with Gasteiger partial charge in [-0.3, -0.25) is 4.79 Å². The Hall–Kier alpha value is -1.29.